The number of nitrogens with zero attached hydrogens (tertiary/aromatic N) is 1. The highest BCUT2D eigenvalue weighted by Gasteiger charge is 2.18. The lowest BCUT2D eigenvalue weighted by Gasteiger charge is -2.18. The summed E-state index contributed by atoms with van der Waals surface area (Å²) in [5.41, 5.74) is 13.5. The lowest BCUT2D eigenvalue weighted by atomic mass is 9.85. The Balaban J connectivity index is 1.18. The normalized spacial score (nSPS) is 11.5. The molecule has 0 amide bonds. The lowest BCUT2D eigenvalue weighted by molar-refractivity contribution is 1.18. The van der Waals surface area contributed by atoms with E-state index in [2.05, 4.69) is 205 Å². The highest BCUT2D eigenvalue weighted by Crippen LogP contribution is 2.45. The summed E-state index contributed by atoms with van der Waals surface area (Å²) in [4.78, 5) is 0. The van der Waals surface area contributed by atoms with Crippen molar-refractivity contribution in [3.63, 3.8) is 0 Å². The lowest BCUT2D eigenvalue weighted by Crippen LogP contribution is -1.94. The molecule has 1 nitrogen and oxygen atoms in total. The van der Waals surface area contributed by atoms with Gasteiger partial charge in [-0.2, -0.15) is 0 Å². The van der Waals surface area contributed by atoms with Gasteiger partial charge in [-0.15, -0.1) is 0 Å². The minimum Gasteiger partial charge on any atom is -0.309 e. The fourth-order valence-corrected chi connectivity index (χ4v) is 8.05. The summed E-state index contributed by atoms with van der Waals surface area (Å²) in [7, 11) is 0. The molecular formula is C50H33N. The van der Waals surface area contributed by atoms with E-state index in [0.717, 1.165) is 5.69 Å². The van der Waals surface area contributed by atoms with Crippen LogP contribution in [-0.4, -0.2) is 4.57 Å². The van der Waals surface area contributed by atoms with Gasteiger partial charge in [-0.05, 0) is 102 Å². The van der Waals surface area contributed by atoms with E-state index < -0.39 is 0 Å². The van der Waals surface area contributed by atoms with Crippen LogP contribution in [0.2, 0.25) is 0 Å². The molecule has 0 atom stereocenters. The highest BCUT2D eigenvalue weighted by atomic mass is 15.0. The van der Waals surface area contributed by atoms with Gasteiger partial charge < -0.3 is 4.57 Å². The van der Waals surface area contributed by atoms with Crippen LogP contribution >= 0.6 is 0 Å². The third kappa shape index (κ3) is 4.86. The maximum atomic E-state index is 2.42. The minimum atomic E-state index is 1.16. The SMILES string of the molecule is c1ccc(-c2ccc(-n3c4ccccc4c4cc(-c5ccc6c(-c7ccccc7)c7ccccc7c(-c7ccccc7)c6c5)ccc43)cc2)cc1. The van der Waals surface area contributed by atoms with E-state index >= 15 is 0 Å². The highest BCUT2D eigenvalue weighted by molar-refractivity contribution is 6.22. The van der Waals surface area contributed by atoms with Gasteiger partial charge in [-0.1, -0.05) is 164 Å². The van der Waals surface area contributed by atoms with E-state index in [1.54, 1.807) is 0 Å². The van der Waals surface area contributed by atoms with Crippen LogP contribution < -0.4 is 0 Å². The average molecular weight is 648 g/mol. The first kappa shape index (κ1) is 29.2. The number of para-hydroxylation sites is 1. The number of benzene rings is 9. The van der Waals surface area contributed by atoms with E-state index in [9.17, 15) is 0 Å². The van der Waals surface area contributed by atoms with Crippen LogP contribution in [0.4, 0.5) is 0 Å². The van der Waals surface area contributed by atoms with Crippen molar-refractivity contribution in [1.82, 2.24) is 4.57 Å². The second kappa shape index (κ2) is 12.0. The molecule has 0 saturated heterocycles. The zero-order chi connectivity index (χ0) is 33.7. The first-order valence-electron chi connectivity index (χ1n) is 17.6. The molecular weight excluding hydrogens is 615 g/mol. The summed E-state index contributed by atoms with van der Waals surface area (Å²) >= 11 is 0. The second-order valence-electron chi connectivity index (χ2n) is 13.3. The van der Waals surface area contributed by atoms with Crippen LogP contribution in [0.15, 0.2) is 200 Å². The summed E-state index contributed by atoms with van der Waals surface area (Å²) in [6.07, 6.45) is 0. The molecule has 1 aromatic heterocycles. The van der Waals surface area contributed by atoms with Gasteiger partial charge in [-0.25, -0.2) is 0 Å². The predicted molar refractivity (Wildman–Crippen MR) is 218 cm³/mol. The topological polar surface area (TPSA) is 4.93 Å². The molecule has 0 aliphatic carbocycles. The summed E-state index contributed by atoms with van der Waals surface area (Å²) in [6, 6.07) is 72.9. The van der Waals surface area contributed by atoms with Crippen molar-refractivity contribution in [2.75, 3.05) is 0 Å². The molecule has 0 N–H and O–H groups in total. The van der Waals surface area contributed by atoms with Crippen molar-refractivity contribution in [2.24, 2.45) is 0 Å². The van der Waals surface area contributed by atoms with Crippen LogP contribution in [0.25, 0.3) is 93.5 Å². The van der Waals surface area contributed by atoms with Crippen molar-refractivity contribution < 1.29 is 0 Å². The van der Waals surface area contributed by atoms with E-state index in [4.69, 9.17) is 0 Å². The molecule has 0 spiro atoms. The number of rotatable bonds is 5. The third-order valence-corrected chi connectivity index (χ3v) is 10.4. The Bertz CT molecular complexity index is 2860. The Labute approximate surface area is 297 Å². The van der Waals surface area contributed by atoms with Crippen LogP contribution in [0.5, 0.6) is 0 Å². The number of hydrogen-bond donors (Lipinski definition) is 0. The van der Waals surface area contributed by atoms with Gasteiger partial charge in [0.15, 0.2) is 0 Å². The molecule has 0 fully saturated rings. The Morgan fingerprint density at radius 3 is 1.27 bits per heavy atom. The maximum absolute atomic E-state index is 2.42. The van der Waals surface area contributed by atoms with Gasteiger partial charge in [0.25, 0.3) is 0 Å². The van der Waals surface area contributed by atoms with Crippen LogP contribution in [-0.2, 0) is 0 Å². The molecule has 0 unspecified atom stereocenters. The molecule has 0 bridgehead atoms. The van der Waals surface area contributed by atoms with Gasteiger partial charge in [0.1, 0.15) is 0 Å². The zero-order valence-electron chi connectivity index (χ0n) is 28.0. The van der Waals surface area contributed by atoms with Gasteiger partial charge in [0.2, 0.25) is 0 Å². The molecule has 1 heteroatoms. The third-order valence-electron chi connectivity index (χ3n) is 10.4. The maximum Gasteiger partial charge on any atom is 0.0541 e. The summed E-state index contributed by atoms with van der Waals surface area (Å²) in [5, 5.41) is 7.57. The zero-order valence-corrected chi connectivity index (χ0v) is 28.0. The quantitative estimate of drug-likeness (QED) is 0.164. The first-order chi connectivity index (χ1) is 25.3. The Morgan fingerprint density at radius 1 is 0.235 bits per heavy atom. The average Bonchev–Trinajstić information content (AvgIpc) is 3.54. The van der Waals surface area contributed by atoms with Crippen molar-refractivity contribution in [2.45, 2.75) is 0 Å². The fraction of sp³-hybridized carbons (Fsp3) is 0. The van der Waals surface area contributed by atoms with Gasteiger partial charge in [-0.3, -0.25) is 0 Å². The van der Waals surface area contributed by atoms with Crippen LogP contribution in [0, 0.1) is 0 Å². The number of hydrogen-bond acceptors (Lipinski definition) is 0. The Kier molecular flexibility index (Phi) is 6.89. The standard InChI is InChI=1S/C50H33N/c1-4-14-34(15-5-1)35-24-28-40(29-25-35)51-47-23-13-12-20-41(47)45-32-39(27-31-48(45)51)38-26-30-44-46(33-38)50(37-18-8-3-9-19-37)43-22-11-10-21-42(43)49(44)36-16-6-2-7-17-36/h1-33H. The number of fused-ring (bicyclic) bond motifs is 5. The molecule has 0 aliphatic rings. The van der Waals surface area contributed by atoms with Crippen LogP contribution in [0.1, 0.15) is 0 Å². The van der Waals surface area contributed by atoms with Gasteiger partial charge >= 0.3 is 0 Å². The Hall–Kier alpha value is -6.70. The molecule has 10 rings (SSSR count). The first-order valence-corrected chi connectivity index (χ1v) is 17.6. The minimum absolute atomic E-state index is 1.16. The van der Waals surface area contributed by atoms with Crippen molar-refractivity contribution in [1.29, 1.82) is 0 Å². The molecule has 9 aromatic carbocycles. The van der Waals surface area contributed by atoms with E-state index in [1.807, 2.05) is 0 Å². The summed E-state index contributed by atoms with van der Waals surface area (Å²) < 4.78 is 2.40. The monoisotopic (exact) mass is 647 g/mol. The number of aromatic nitrogens is 1. The molecule has 51 heavy (non-hydrogen) atoms. The van der Waals surface area contributed by atoms with Crippen LogP contribution in [0.3, 0.4) is 0 Å². The summed E-state index contributed by atoms with van der Waals surface area (Å²) in [6.45, 7) is 0. The summed E-state index contributed by atoms with van der Waals surface area (Å²) in [5.74, 6) is 0. The van der Waals surface area contributed by atoms with Gasteiger partial charge in [0.05, 0.1) is 11.0 Å². The van der Waals surface area contributed by atoms with Crippen molar-refractivity contribution >= 4 is 43.4 Å². The molecule has 0 radical (unpaired) electrons. The smallest absolute Gasteiger partial charge is 0.0541 e. The van der Waals surface area contributed by atoms with Gasteiger partial charge in [0, 0.05) is 16.5 Å². The Morgan fingerprint density at radius 2 is 0.647 bits per heavy atom. The molecule has 10 aromatic rings. The molecule has 0 saturated carbocycles. The van der Waals surface area contributed by atoms with Crippen molar-refractivity contribution in [3.8, 4) is 50.2 Å². The van der Waals surface area contributed by atoms with E-state index in [-0.39, 0.29) is 0 Å². The fourth-order valence-electron chi connectivity index (χ4n) is 8.05. The molecule has 238 valence electrons. The molecule has 0 aliphatic heterocycles. The van der Waals surface area contributed by atoms with E-state index in [1.165, 1.54) is 87.9 Å². The predicted octanol–water partition coefficient (Wildman–Crippen LogP) is 13.8. The van der Waals surface area contributed by atoms with Crippen molar-refractivity contribution in [3.05, 3.63) is 200 Å². The molecule has 1 heterocycles. The second-order valence-corrected chi connectivity index (χ2v) is 13.3. The largest absolute Gasteiger partial charge is 0.309 e. The van der Waals surface area contributed by atoms with E-state index in [0.29, 0.717) is 0 Å².